The van der Waals surface area contributed by atoms with Crippen LogP contribution in [0.2, 0.25) is 0 Å². The molecule has 0 atom stereocenters. The van der Waals surface area contributed by atoms with Crippen molar-refractivity contribution in [3.8, 4) is 5.75 Å². The molecular formula is C16H26N2O2. The Labute approximate surface area is 121 Å². The van der Waals surface area contributed by atoms with E-state index in [0.717, 1.165) is 37.4 Å². The van der Waals surface area contributed by atoms with Crippen molar-refractivity contribution >= 4 is 11.6 Å². The van der Waals surface area contributed by atoms with Crippen molar-refractivity contribution in [2.24, 2.45) is 5.92 Å². The van der Waals surface area contributed by atoms with E-state index in [-0.39, 0.29) is 5.91 Å². The average molecular weight is 278 g/mol. The lowest BCUT2D eigenvalue weighted by molar-refractivity contribution is -0.116. The first kappa shape index (κ1) is 16.5. The van der Waals surface area contributed by atoms with Crippen LogP contribution in [0, 0.1) is 5.92 Å². The number of anilines is 1. The number of benzene rings is 1. The molecule has 0 radical (unpaired) electrons. The van der Waals surface area contributed by atoms with Gasteiger partial charge in [0.15, 0.2) is 0 Å². The summed E-state index contributed by atoms with van der Waals surface area (Å²) < 4.78 is 5.64. The molecule has 0 aliphatic rings. The summed E-state index contributed by atoms with van der Waals surface area (Å²) >= 11 is 0. The SMILES string of the molecule is CNCCCC(=O)Nc1ccc(OCCC(C)C)cc1. The van der Waals surface area contributed by atoms with Gasteiger partial charge in [-0.05, 0) is 56.6 Å². The van der Waals surface area contributed by atoms with Gasteiger partial charge in [-0.15, -0.1) is 0 Å². The molecular weight excluding hydrogens is 252 g/mol. The molecule has 4 heteroatoms. The Balaban J connectivity index is 2.32. The van der Waals surface area contributed by atoms with E-state index in [1.807, 2.05) is 31.3 Å². The van der Waals surface area contributed by atoms with E-state index in [1.54, 1.807) is 0 Å². The molecule has 0 aliphatic heterocycles. The van der Waals surface area contributed by atoms with Gasteiger partial charge in [0.05, 0.1) is 6.61 Å². The summed E-state index contributed by atoms with van der Waals surface area (Å²) in [5, 5.41) is 5.91. The molecule has 0 heterocycles. The van der Waals surface area contributed by atoms with E-state index in [4.69, 9.17) is 4.74 Å². The largest absolute Gasteiger partial charge is 0.494 e. The number of ether oxygens (including phenoxy) is 1. The zero-order valence-electron chi connectivity index (χ0n) is 12.7. The normalized spacial score (nSPS) is 10.6. The van der Waals surface area contributed by atoms with Crippen LogP contribution in [0.4, 0.5) is 5.69 Å². The van der Waals surface area contributed by atoms with Crippen LogP contribution < -0.4 is 15.4 Å². The summed E-state index contributed by atoms with van der Waals surface area (Å²) in [5.41, 5.74) is 0.815. The highest BCUT2D eigenvalue weighted by atomic mass is 16.5. The number of hydrogen-bond donors (Lipinski definition) is 2. The predicted molar refractivity (Wildman–Crippen MR) is 83.2 cm³/mol. The summed E-state index contributed by atoms with van der Waals surface area (Å²) in [4.78, 5) is 11.6. The van der Waals surface area contributed by atoms with Gasteiger partial charge < -0.3 is 15.4 Å². The highest BCUT2D eigenvalue weighted by Crippen LogP contribution is 2.16. The van der Waals surface area contributed by atoms with Crippen LogP contribution in [0.15, 0.2) is 24.3 Å². The zero-order chi connectivity index (χ0) is 14.8. The quantitative estimate of drug-likeness (QED) is 0.683. The van der Waals surface area contributed by atoms with Crippen LogP contribution in [0.3, 0.4) is 0 Å². The van der Waals surface area contributed by atoms with Gasteiger partial charge in [-0.25, -0.2) is 0 Å². The Morgan fingerprint density at radius 1 is 1.25 bits per heavy atom. The molecule has 1 aromatic carbocycles. The molecule has 1 amide bonds. The van der Waals surface area contributed by atoms with Gasteiger partial charge in [-0.2, -0.15) is 0 Å². The third-order valence-corrected chi connectivity index (χ3v) is 2.93. The Morgan fingerprint density at radius 3 is 2.55 bits per heavy atom. The van der Waals surface area contributed by atoms with Gasteiger partial charge in [-0.1, -0.05) is 13.8 Å². The van der Waals surface area contributed by atoms with Crippen LogP contribution in [0.1, 0.15) is 33.1 Å². The fourth-order valence-corrected chi connectivity index (χ4v) is 1.70. The molecule has 112 valence electrons. The highest BCUT2D eigenvalue weighted by molar-refractivity contribution is 5.90. The molecule has 20 heavy (non-hydrogen) atoms. The minimum Gasteiger partial charge on any atom is -0.494 e. The van der Waals surface area contributed by atoms with Crippen LogP contribution >= 0.6 is 0 Å². The second-order valence-electron chi connectivity index (χ2n) is 5.31. The van der Waals surface area contributed by atoms with Crippen LogP contribution in [0.25, 0.3) is 0 Å². The fraction of sp³-hybridized carbons (Fsp3) is 0.562. The summed E-state index contributed by atoms with van der Waals surface area (Å²) in [6.07, 6.45) is 2.43. The molecule has 0 aliphatic carbocycles. The zero-order valence-corrected chi connectivity index (χ0v) is 12.7. The summed E-state index contributed by atoms with van der Waals surface area (Å²) in [6, 6.07) is 7.54. The van der Waals surface area contributed by atoms with Crippen LogP contribution in [0.5, 0.6) is 5.75 Å². The minimum absolute atomic E-state index is 0.0497. The summed E-state index contributed by atoms with van der Waals surface area (Å²) in [6.45, 7) is 5.94. The third-order valence-electron chi connectivity index (χ3n) is 2.93. The molecule has 1 rings (SSSR count). The van der Waals surface area contributed by atoms with E-state index in [9.17, 15) is 4.79 Å². The van der Waals surface area contributed by atoms with E-state index in [0.29, 0.717) is 12.3 Å². The number of hydrogen-bond acceptors (Lipinski definition) is 3. The second kappa shape index (κ2) is 9.37. The molecule has 0 unspecified atom stereocenters. The van der Waals surface area contributed by atoms with Crippen molar-refractivity contribution in [2.45, 2.75) is 33.1 Å². The number of nitrogens with one attached hydrogen (secondary N) is 2. The van der Waals surface area contributed by atoms with Crippen molar-refractivity contribution in [1.29, 1.82) is 0 Å². The van der Waals surface area contributed by atoms with Crippen molar-refractivity contribution in [3.05, 3.63) is 24.3 Å². The van der Waals surface area contributed by atoms with Gasteiger partial charge in [-0.3, -0.25) is 4.79 Å². The number of carbonyl (C=O) groups is 1. The average Bonchev–Trinajstić information content (AvgIpc) is 2.41. The molecule has 0 saturated heterocycles. The molecule has 4 nitrogen and oxygen atoms in total. The number of carbonyl (C=O) groups excluding carboxylic acids is 1. The first-order valence-corrected chi connectivity index (χ1v) is 7.29. The predicted octanol–water partition coefficient (Wildman–Crippen LogP) is 3.05. The lowest BCUT2D eigenvalue weighted by Crippen LogP contribution is -2.15. The molecule has 0 aromatic heterocycles. The van der Waals surface area contributed by atoms with Crippen molar-refractivity contribution in [1.82, 2.24) is 5.32 Å². The molecule has 0 saturated carbocycles. The van der Waals surface area contributed by atoms with E-state index >= 15 is 0 Å². The molecule has 0 spiro atoms. The maximum Gasteiger partial charge on any atom is 0.224 e. The Morgan fingerprint density at radius 2 is 1.95 bits per heavy atom. The Kier molecular flexibility index (Phi) is 7.73. The van der Waals surface area contributed by atoms with Crippen molar-refractivity contribution in [3.63, 3.8) is 0 Å². The van der Waals surface area contributed by atoms with Gasteiger partial charge in [0, 0.05) is 12.1 Å². The number of amides is 1. The first-order valence-electron chi connectivity index (χ1n) is 7.29. The van der Waals surface area contributed by atoms with E-state index < -0.39 is 0 Å². The minimum atomic E-state index is 0.0497. The maximum absolute atomic E-state index is 11.6. The Bertz CT molecular complexity index is 388. The van der Waals surface area contributed by atoms with Crippen molar-refractivity contribution in [2.75, 3.05) is 25.5 Å². The van der Waals surface area contributed by atoms with Gasteiger partial charge >= 0.3 is 0 Å². The van der Waals surface area contributed by atoms with Crippen molar-refractivity contribution < 1.29 is 9.53 Å². The smallest absolute Gasteiger partial charge is 0.224 e. The molecule has 0 fully saturated rings. The lowest BCUT2D eigenvalue weighted by atomic mass is 10.1. The van der Waals surface area contributed by atoms with E-state index in [2.05, 4.69) is 24.5 Å². The maximum atomic E-state index is 11.6. The Hall–Kier alpha value is -1.55. The summed E-state index contributed by atoms with van der Waals surface area (Å²) in [5.74, 6) is 1.54. The standard InChI is InChI=1S/C16H26N2O2/c1-13(2)10-12-20-15-8-6-14(7-9-15)18-16(19)5-4-11-17-3/h6-9,13,17H,4-5,10-12H2,1-3H3,(H,18,19). The lowest BCUT2D eigenvalue weighted by Gasteiger charge is -2.09. The molecule has 0 bridgehead atoms. The monoisotopic (exact) mass is 278 g/mol. The third kappa shape index (κ3) is 7.14. The van der Waals surface area contributed by atoms with Crippen LogP contribution in [-0.2, 0) is 4.79 Å². The summed E-state index contributed by atoms with van der Waals surface area (Å²) in [7, 11) is 1.88. The highest BCUT2D eigenvalue weighted by Gasteiger charge is 2.02. The van der Waals surface area contributed by atoms with Gasteiger partial charge in [0.2, 0.25) is 5.91 Å². The van der Waals surface area contributed by atoms with Crippen LogP contribution in [-0.4, -0.2) is 26.1 Å². The van der Waals surface area contributed by atoms with E-state index in [1.165, 1.54) is 0 Å². The number of rotatable bonds is 9. The fourth-order valence-electron chi connectivity index (χ4n) is 1.70. The van der Waals surface area contributed by atoms with Gasteiger partial charge in [0.25, 0.3) is 0 Å². The molecule has 2 N–H and O–H groups in total. The second-order valence-corrected chi connectivity index (χ2v) is 5.31. The first-order chi connectivity index (χ1) is 9.61. The topological polar surface area (TPSA) is 50.4 Å². The molecule has 1 aromatic rings. The van der Waals surface area contributed by atoms with Gasteiger partial charge in [0.1, 0.15) is 5.75 Å².